The van der Waals surface area contributed by atoms with Gasteiger partial charge in [-0.3, -0.25) is 10.1 Å². The van der Waals surface area contributed by atoms with Crippen molar-refractivity contribution in [3.05, 3.63) is 61.2 Å². The number of ether oxygens (including phenoxy) is 2. The number of amides is 1. The van der Waals surface area contributed by atoms with Crippen LogP contribution in [-0.2, 0) is 11.3 Å². The Kier molecular flexibility index (Phi) is 4.99. The summed E-state index contributed by atoms with van der Waals surface area (Å²) < 4.78 is 12.5. The van der Waals surface area contributed by atoms with Crippen molar-refractivity contribution in [1.29, 1.82) is 0 Å². The molecule has 1 N–H and O–H groups in total. The fourth-order valence-electron chi connectivity index (χ4n) is 2.47. The zero-order chi connectivity index (χ0) is 17.6. The smallest absolute Gasteiger partial charge is 0.264 e. The number of nitrogens with zero attached hydrogens (tertiary/aromatic N) is 2. The van der Waals surface area contributed by atoms with Crippen molar-refractivity contribution in [3.63, 3.8) is 0 Å². The number of rotatable bonds is 7. The highest BCUT2D eigenvalue weighted by molar-refractivity contribution is 5.92. The van der Waals surface area contributed by atoms with E-state index in [1.807, 2.05) is 28.8 Å². The monoisotopic (exact) mass is 337 g/mol. The average molecular weight is 337 g/mol. The maximum Gasteiger partial charge on any atom is 0.264 e. The van der Waals surface area contributed by atoms with Gasteiger partial charge in [-0.2, -0.15) is 0 Å². The molecule has 0 atom stereocenters. The molecule has 3 rings (SSSR count). The van der Waals surface area contributed by atoms with Gasteiger partial charge in [0, 0.05) is 6.54 Å². The molecule has 1 heterocycles. The molecule has 0 bridgehead atoms. The normalized spacial score (nSPS) is 10.4. The summed E-state index contributed by atoms with van der Waals surface area (Å²) >= 11 is 0. The van der Waals surface area contributed by atoms with Gasteiger partial charge in [-0.15, -0.1) is 6.58 Å². The Morgan fingerprint density at radius 3 is 2.64 bits per heavy atom. The van der Waals surface area contributed by atoms with Gasteiger partial charge in [0.15, 0.2) is 6.61 Å². The van der Waals surface area contributed by atoms with Crippen molar-refractivity contribution in [1.82, 2.24) is 9.55 Å². The van der Waals surface area contributed by atoms with E-state index in [0.29, 0.717) is 18.2 Å². The molecule has 6 nitrogen and oxygen atoms in total. The number of carbonyl (C=O) groups is 1. The number of hydrogen-bond acceptors (Lipinski definition) is 4. The van der Waals surface area contributed by atoms with E-state index in [4.69, 9.17) is 9.47 Å². The molecule has 1 aromatic heterocycles. The van der Waals surface area contributed by atoms with Crippen molar-refractivity contribution in [2.24, 2.45) is 0 Å². The number of nitrogens with one attached hydrogen (secondary N) is 1. The number of anilines is 1. The van der Waals surface area contributed by atoms with Crippen LogP contribution in [0.2, 0.25) is 0 Å². The molecule has 0 spiro atoms. The quantitative estimate of drug-likeness (QED) is 0.672. The van der Waals surface area contributed by atoms with E-state index in [9.17, 15) is 4.79 Å². The van der Waals surface area contributed by atoms with Crippen molar-refractivity contribution in [3.8, 4) is 11.5 Å². The minimum Gasteiger partial charge on any atom is -0.497 e. The Labute approximate surface area is 145 Å². The summed E-state index contributed by atoms with van der Waals surface area (Å²) in [5.74, 6) is 1.52. The topological polar surface area (TPSA) is 65.4 Å². The van der Waals surface area contributed by atoms with Crippen LogP contribution < -0.4 is 14.8 Å². The maximum absolute atomic E-state index is 12.2. The fraction of sp³-hybridized carbons (Fsp3) is 0.158. The fourth-order valence-corrected chi connectivity index (χ4v) is 2.47. The number of hydrogen-bond donors (Lipinski definition) is 1. The Morgan fingerprint density at radius 1 is 1.20 bits per heavy atom. The second-order valence-corrected chi connectivity index (χ2v) is 5.34. The summed E-state index contributed by atoms with van der Waals surface area (Å²) in [5.41, 5.74) is 1.75. The first-order valence-electron chi connectivity index (χ1n) is 7.84. The van der Waals surface area contributed by atoms with E-state index in [-0.39, 0.29) is 12.5 Å². The zero-order valence-corrected chi connectivity index (χ0v) is 13.9. The average Bonchev–Trinajstić information content (AvgIpc) is 2.98. The molecule has 128 valence electrons. The lowest BCUT2D eigenvalue weighted by Crippen LogP contribution is -2.22. The summed E-state index contributed by atoms with van der Waals surface area (Å²) in [7, 11) is 1.60. The van der Waals surface area contributed by atoms with Gasteiger partial charge in [0.25, 0.3) is 5.91 Å². The van der Waals surface area contributed by atoms with Gasteiger partial charge in [0.2, 0.25) is 5.95 Å². The second kappa shape index (κ2) is 7.53. The van der Waals surface area contributed by atoms with Crippen LogP contribution in [0.25, 0.3) is 11.0 Å². The number of imidazole rings is 1. The van der Waals surface area contributed by atoms with Gasteiger partial charge in [0.1, 0.15) is 11.5 Å². The Morgan fingerprint density at radius 2 is 1.92 bits per heavy atom. The third-order valence-corrected chi connectivity index (χ3v) is 3.65. The minimum absolute atomic E-state index is 0.108. The summed E-state index contributed by atoms with van der Waals surface area (Å²) in [5, 5.41) is 2.79. The van der Waals surface area contributed by atoms with Crippen LogP contribution in [0.1, 0.15) is 0 Å². The first kappa shape index (κ1) is 16.6. The molecule has 0 saturated heterocycles. The largest absolute Gasteiger partial charge is 0.497 e. The van der Waals surface area contributed by atoms with E-state index in [0.717, 1.165) is 16.8 Å². The van der Waals surface area contributed by atoms with Crippen molar-refractivity contribution >= 4 is 22.9 Å². The number of carbonyl (C=O) groups excluding carboxylic acids is 1. The van der Waals surface area contributed by atoms with Crippen LogP contribution in [0.5, 0.6) is 11.5 Å². The lowest BCUT2D eigenvalue weighted by atomic mass is 10.3. The number of aromatic nitrogens is 2. The molecule has 1 amide bonds. The Balaban J connectivity index is 1.68. The van der Waals surface area contributed by atoms with Gasteiger partial charge in [-0.05, 0) is 36.4 Å². The molecule has 6 heteroatoms. The van der Waals surface area contributed by atoms with E-state index < -0.39 is 0 Å². The number of fused-ring (bicyclic) bond motifs is 1. The first-order chi connectivity index (χ1) is 12.2. The van der Waals surface area contributed by atoms with Crippen LogP contribution in [-0.4, -0.2) is 29.2 Å². The number of methoxy groups -OCH3 is 1. The van der Waals surface area contributed by atoms with E-state index in [2.05, 4.69) is 16.9 Å². The van der Waals surface area contributed by atoms with Crippen LogP contribution in [0.4, 0.5) is 5.95 Å². The third-order valence-electron chi connectivity index (χ3n) is 3.65. The highest BCUT2D eigenvalue weighted by Crippen LogP contribution is 2.20. The van der Waals surface area contributed by atoms with Gasteiger partial charge in [0.05, 0.1) is 18.1 Å². The lowest BCUT2D eigenvalue weighted by molar-refractivity contribution is -0.118. The highest BCUT2D eigenvalue weighted by Gasteiger charge is 2.12. The van der Waals surface area contributed by atoms with E-state index in [1.165, 1.54) is 0 Å². The Hall–Kier alpha value is -3.28. The van der Waals surface area contributed by atoms with Crippen molar-refractivity contribution in [2.45, 2.75) is 6.54 Å². The molecule has 0 unspecified atom stereocenters. The molecular formula is C19H19N3O3. The standard InChI is InChI=1S/C19H19N3O3/c1-3-12-22-17-7-5-4-6-16(17)20-19(22)21-18(23)13-25-15-10-8-14(24-2)9-11-15/h3-11H,1,12-13H2,2H3,(H,20,21,23). The van der Waals surface area contributed by atoms with Gasteiger partial charge in [-0.25, -0.2) is 4.98 Å². The van der Waals surface area contributed by atoms with Crippen LogP contribution in [0, 0.1) is 0 Å². The van der Waals surface area contributed by atoms with Crippen LogP contribution in [0.3, 0.4) is 0 Å². The number of para-hydroxylation sites is 2. The number of allylic oxidation sites excluding steroid dienone is 1. The molecule has 0 fully saturated rings. The van der Waals surface area contributed by atoms with Crippen LogP contribution >= 0.6 is 0 Å². The zero-order valence-electron chi connectivity index (χ0n) is 13.9. The first-order valence-corrected chi connectivity index (χ1v) is 7.84. The molecule has 0 saturated carbocycles. The summed E-state index contributed by atoms with van der Waals surface area (Å²) in [6.07, 6.45) is 1.76. The van der Waals surface area contributed by atoms with E-state index >= 15 is 0 Å². The molecule has 2 aromatic carbocycles. The third kappa shape index (κ3) is 3.80. The van der Waals surface area contributed by atoms with Crippen molar-refractivity contribution < 1.29 is 14.3 Å². The SMILES string of the molecule is C=CCn1c(NC(=O)COc2ccc(OC)cc2)nc2ccccc21. The predicted octanol–water partition coefficient (Wildman–Crippen LogP) is 3.25. The number of benzene rings is 2. The summed E-state index contributed by atoms with van der Waals surface area (Å²) in [6.45, 7) is 4.20. The molecular weight excluding hydrogens is 318 g/mol. The summed E-state index contributed by atoms with van der Waals surface area (Å²) in [6, 6.07) is 14.7. The maximum atomic E-state index is 12.2. The van der Waals surface area contributed by atoms with Crippen molar-refractivity contribution in [2.75, 3.05) is 19.0 Å². The second-order valence-electron chi connectivity index (χ2n) is 5.34. The minimum atomic E-state index is -0.281. The molecule has 0 radical (unpaired) electrons. The van der Waals surface area contributed by atoms with Gasteiger partial charge >= 0.3 is 0 Å². The highest BCUT2D eigenvalue weighted by atomic mass is 16.5. The molecule has 0 aliphatic rings. The molecule has 25 heavy (non-hydrogen) atoms. The molecule has 0 aliphatic heterocycles. The molecule has 3 aromatic rings. The molecule has 0 aliphatic carbocycles. The van der Waals surface area contributed by atoms with Gasteiger partial charge in [-0.1, -0.05) is 18.2 Å². The van der Waals surface area contributed by atoms with Crippen LogP contribution in [0.15, 0.2) is 61.2 Å². The van der Waals surface area contributed by atoms with E-state index in [1.54, 1.807) is 37.5 Å². The summed E-state index contributed by atoms with van der Waals surface area (Å²) in [4.78, 5) is 16.7. The van der Waals surface area contributed by atoms with Gasteiger partial charge < -0.3 is 14.0 Å². The predicted molar refractivity (Wildman–Crippen MR) is 97.0 cm³/mol. The lowest BCUT2D eigenvalue weighted by Gasteiger charge is -2.09. The Bertz CT molecular complexity index is 885.